The molecule has 110 valence electrons. The van der Waals surface area contributed by atoms with E-state index in [1.54, 1.807) is 0 Å². The second kappa shape index (κ2) is 6.71. The smallest absolute Gasteiger partial charge is 0.225 e. The van der Waals surface area contributed by atoms with Gasteiger partial charge in [0.1, 0.15) is 0 Å². The van der Waals surface area contributed by atoms with Crippen molar-refractivity contribution in [3.63, 3.8) is 0 Å². The molecule has 0 spiro atoms. The molecule has 4 nitrogen and oxygen atoms in total. The van der Waals surface area contributed by atoms with Crippen LogP contribution in [0.15, 0.2) is 0 Å². The summed E-state index contributed by atoms with van der Waals surface area (Å²) >= 11 is 0. The molecule has 2 rings (SSSR count). The highest BCUT2D eigenvalue weighted by atomic mass is 16.3. The fraction of sp³-hybridized carbons (Fsp3) is 0.933. The summed E-state index contributed by atoms with van der Waals surface area (Å²) in [6.45, 7) is 3.22. The zero-order valence-electron chi connectivity index (χ0n) is 12.1. The van der Waals surface area contributed by atoms with Crippen molar-refractivity contribution in [1.29, 1.82) is 0 Å². The third-order valence-electron chi connectivity index (χ3n) is 4.98. The van der Waals surface area contributed by atoms with Gasteiger partial charge in [-0.25, -0.2) is 0 Å². The number of rotatable bonds is 3. The molecule has 3 N–H and O–H groups in total. The first-order valence-electron chi connectivity index (χ1n) is 7.80. The summed E-state index contributed by atoms with van der Waals surface area (Å²) in [5.41, 5.74) is 6.12. The van der Waals surface area contributed by atoms with Crippen LogP contribution in [0.2, 0.25) is 0 Å². The van der Waals surface area contributed by atoms with Gasteiger partial charge in [0.2, 0.25) is 5.91 Å². The highest BCUT2D eigenvalue weighted by Crippen LogP contribution is 2.31. The molecule has 2 fully saturated rings. The molecule has 0 radical (unpaired) electrons. The Labute approximate surface area is 116 Å². The zero-order valence-corrected chi connectivity index (χ0v) is 12.1. The Kier molecular flexibility index (Phi) is 5.22. The van der Waals surface area contributed by atoms with E-state index in [9.17, 15) is 4.79 Å². The topological polar surface area (TPSA) is 66.6 Å². The number of likely N-dealkylation sites (tertiary alicyclic amines) is 1. The molecule has 0 aromatic heterocycles. The number of nitrogens with zero attached hydrogens (tertiary/aromatic N) is 1. The van der Waals surface area contributed by atoms with Gasteiger partial charge in [0.05, 0.1) is 0 Å². The summed E-state index contributed by atoms with van der Waals surface area (Å²) in [4.78, 5) is 14.7. The Bertz CT molecular complexity index is 307. The van der Waals surface area contributed by atoms with Crippen molar-refractivity contribution in [2.45, 2.75) is 64.0 Å². The zero-order chi connectivity index (χ0) is 13.8. The molecule has 2 aliphatic rings. The second-order valence-corrected chi connectivity index (χ2v) is 6.34. The van der Waals surface area contributed by atoms with Crippen molar-refractivity contribution in [3.05, 3.63) is 0 Å². The minimum absolute atomic E-state index is 0.116. The van der Waals surface area contributed by atoms with Crippen LogP contribution in [0.25, 0.3) is 0 Å². The van der Waals surface area contributed by atoms with Crippen molar-refractivity contribution in [2.24, 2.45) is 17.6 Å². The maximum Gasteiger partial charge on any atom is 0.225 e. The maximum atomic E-state index is 12.7. The van der Waals surface area contributed by atoms with Crippen LogP contribution in [0.3, 0.4) is 0 Å². The van der Waals surface area contributed by atoms with Crippen LogP contribution < -0.4 is 5.73 Å². The second-order valence-electron chi connectivity index (χ2n) is 6.34. The molecule has 0 bridgehead atoms. The fourth-order valence-electron chi connectivity index (χ4n) is 3.56. The van der Waals surface area contributed by atoms with Crippen molar-refractivity contribution < 1.29 is 9.90 Å². The Balaban J connectivity index is 1.97. The number of aliphatic hydroxyl groups excluding tert-OH is 1. The number of piperidine rings is 1. The van der Waals surface area contributed by atoms with E-state index < -0.39 is 0 Å². The van der Waals surface area contributed by atoms with Crippen LogP contribution >= 0.6 is 0 Å². The first kappa shape index (κ1) is 14.8. The lowest BCUT2D eigenvalue weighted by Crippen LogP contribution is -2.49. The Morgan fingerprint density at radius 3 is 2.79 bits per heavy atom. The lowest BCUT2D eigenvalue weighted by Gasteiger charge is -2.40. The van der Waals surface area contributed by atoms with Gasteiger partial charge in [0.25, 0.3) is 0 Å². The first-order valence-corrected chi connectivity index (χ1v) is 7.80. The quantitative estimate of drug-likeness (QED) is 0.815. The van der Waals surface area contributed by atoms with Crippen molar-refractivity contribution in [1.82, 2.24) is 4.90 Å². The van der Waals surface area contributed by atoms with E-state index in [2.05, 4.69) is 6.92 Å². The van der Waals surface area contributed by atoms with Gasteiger partial charge >= 0.3 is 0 Å². The first-order chi connectivity index (χ1) is 9.13. The molecule has 1 aliphatic heterocycles. The summed E-state index contributed by atoms with van der Waals surface area (Å²) in [5, 5.41) is 9.15. The standard InChI is InChI=1S/C15H28N2O2/c1-11-5-6-12(10-14(11)16)15(19)17-8-3-2-4-13(17)7-9-18/h11-14,18H,2-10,16H2,1H3. The molecule has 19 heavy (non-hydrogen) atoms. The number of hydrogen-bond acceptors (Lipinski definition) is 3. The Hall–Kier alpha value is -0.610. The molecule has 4 atom stereocenters. The third kappa shape index (κ3) is 3.48. The molecule has 1 saturated heterocycles. The van der Waals surface area contributed by atoms with E-state index >= 15 is 0 Å². The molecule has 4 heteroatoms. The van der Waals surface area contributed by atoms with Crippen LogP contribution in [0, 0.1) is 11.8 Å². The van der Waals surface area contributed by atoms with E-state index in [1.165, 1.54) is 6.42 Å². The summed E-state index contributed by atoms with van der Waals surface area (Å²) in [6.07, 6.45) is 6.93. The summed E-state index contributed by atoms with van der Waals surface area (Å²) in [7, 11) is 0. The monoisotopic (exact) mass is 268 g/mol. The molecule has 0 aromatic carbocycles. The van der Waals surface area contributed by atoms with Gasteiger partial charge in [-0.3, -0.25) is 4.79 Å². The predicted molar refractivity (Wildman–Crippen MR) is 75.5 cm³/mol. The highest BCUT2D eigenvalue weighted by molar-refractivity contribution is 5.79. The van der Waals surface area contributed by atoms with E-state index in [-0.39, 0.29) is 24.6 Å². The SMILES string of the molecule is CC1CCC(C(=O)N2CCCCC2CCO)CC1N. The van der Waals surface area contributed by atoms with E-state index in [4.69, 9.17) is 10.8 Å². The molecular formula is C15H28N2O2. The number of hydrogen-bond donors (Lipinski definition) is 2. The van der Waals surface area contributed by atoms with Gasteiger partial charge in [0, 0.05) is 31.2 Å². The Morgan fingerprint density at radius 2 is 2.11 bits per heavy atom. The summed E-state index contributed by atoms with van der Waals surface area (Å²) in [6, 6.07) is 0.422. The van der Waals surface area contributed by atoms with Crippen molar-refractivity contribution >= 4 is 5.91 Å². The predicted octanol–water partition coefficient (Wildman–Crippen LogP) is 1.51. The van der Waals surface area contributed by atoms with Gasteiger partial charge < -0.3 is 15.7 Å². The van der Waals surface area contributed by atoms with Crippen molar-refractivity contribution in [2.75, 3.05) is 13.2 Å². The average molecular weight is 268 g/mol. The largest absolute Gasteiger partial charge is 0.396 e. The average Bonchev–Trinajstić information content (AvgIpc) is 2.42. The van der Waals surface area contributed by atoms with Crippen molar-refractivity contribution in [3.8, 4) is 0 Å². The van der Waals surface area contributed by atoms with Crippen LogP contribution in [-0.2, 0) is 4.79 Å². The van der Waals surface area contributed by atoms with Gasteiger partial charge in [-0.2, -0.15) is 0 Å². The number of carbonyl (C=O) groups excluding carboxylic acids is 1. The van der Waals surface area contributed by atoms with Gasteiger partial charge in [-0.05, 0) is 50.9 Å². The molecule has 1 aliphatic carbocycles. The normalized spacial score (nSPS) is 36.3. The van der Waals surface area contributed by atoms with Crippen LogP contribution in [0.5, 0.6) is 0 Å². The fourth-order valence-corrected chi connectivity index (χ4v) is 3.56. The molecule has 1 saturated carbocycles. The number of nitrogens with two attached hydrogens (primary N) is 1. The van der Waals surface area contributed by atoms with E-state index in [0.29, 0.717) is 11.8 Å². The van der Waals surface area contributed by atoms with Gasteiger partial charge in [-0.1, -0.05) is 6.92 Å². The molecule has 4 unspecified atom stereocenters. The molecule has 1 amide bonds. The van der Waals surface area contributed by atoms with Gasteiger partial charge in [0.15, 0.2) is 0 Å². The highest BCUT2D eigenvalue weighted by Gasteiger charge is 2.35. The number of amides is 1. The van der Waals surface area contributed by atoms with Crippen LogP contribution in [0.1, 0.15) is 51.9 Å². The minimum atomic E-state index is 0.116. The number of carbonyl (C=O) groups is 1. The summed E-state index contributed by atoms with van der Waals surface area (Å²) in [5.74, 6) is 0.949. The van der Waals surface area contributed by atoms with Gasteiger partial charge in [-0.15, -0.1) is 0 Å². The lowest BCUT2D eigenvalue weighted by atomic mass is 9.78. The minimum Gasteiger partial charge on any atom is -0.396 e. The van der Waals surface area contributed by atoms with Crippen LogP contribution in [-0.4, -0.2) is 41.1 Å². The summed E-state index contributed by atoms with van der Waals surface area (Å²) < 4.78 is 0. The third-order valence-corrected chi connectivity index (χ3v) is 4.98. The molecular weight excluding hydrogens is 240 g/mol. The maximum absolute atomic E-state index is 12.7. The van der Waals surface area contributed by atoms with Crippen LogP contribution in [0.4, 0.5) is 0 Å². The molecule has 0 aromatic rings. The van der Waals surface area contributed by atoms with E-state index in [1.807, 2.05) is 4.90 Å². The lowest BCUT2D eigenvalue weighted by molar-refractivity contribution is -0.141. The molecule has 1 heterocycles. The number of aliphatic hydroxyl groups is 1. The Morgan fingerprint density at radius 1 is 1.32 bits per heavy atom. The van der Waals surface area contributed by atoms with E-state index in [0.717, 1.165) is 45.1 Å².